The molecule has 0 radical (unpaired) electrons. The van der Waals surface area contributed by atoms with Crippen molar-refractivity contribution in [3.05, 3.63) is 70.2 Å². The summed E-state index contributed by atoms with van der Waals surface area (Å²) in [5, 5.41) is 30.6. The van der Waals surface area contributed by atoms with Crippen molar-refractivity contribution in [3.63, 3.8) is 0 Å². The third-order valence-electron chi connectivity index (χ3n) is 5.06. The van der Waals surface area contributed by atoms with Crippen LogP contribution >= 0.6 is 11.6 Å². The van der Waals surface area contributed by atoms with Crippen LogP contribution in [-0.2, 0) is 17.0 Å². The average Bonchev–Trinajstić information content (AvgIpc) is 2.64. The molecule has 6 heteroatoms. The van der Waals surface area contributed by atoms with Gasteiger partial charge in [0.25, 0.3) is 0 Å². The van der Waals surface area contributed by atoms with Gasteiger partial charge in [-0.15, -0.1) is 0 Å². The molecular weight excluding hydrogens is 354 g/mol. The predicted octanol–water partition coefficient (Wildman–Crippen LogP) is 2.94. The van der Waals surface area contributed by atoms with E-state index in [2.05, 4.69) is 0 Å². The Balaban J connectivity index is 1.78. The van der Waals surface area contributed by atoms with E-state index in [9.17, 15) is 20.1 Å². The number of aliphatic hydroxyl groups is 2. The second-order valence-electron chi connectivity index (χ2n) is 6.72. The number of rotatable bonds is 5. The van der Waals surface area contributed by atoms with Gasteiger partial charge in [0.15, 0.2) is 0 Å². The minimum Gasteiger partial charge on any atom is -0.480 e. The van der Waals surface area contributed by atoms with Gasteiger partial charge in [0.2, 0.25) is 0 Å². The highest BCUT2D eigenvalue weighted by molar-refractivity contribution is 6.30. The molecule has 1 saturated heterocycles. The molecular formula is C20H22ClNO4. The maximum absolute atomic E-state index is 11.9. The Morgan fingerprint density at radius 3 is 2.38 bits per heavy atom. The van der Waals surface area contributed by atoms with Gasteiger partial charge in [0.05, 0.1) is 12.2 Å². The summed E-state index contributed by atoms with van der Waals surface area (Å²) < 4.78 is 0. The van der Waals surface area contributed by atoms with Gasteiger partial charge in [-0.05, 0) is 41.7 Å². The first-order valence-electron chi connectivity index (χ1n) is 8.58. The quantitative estimate of drug-likeness (QED) is 0.748. The molecule has 0 aliphatic carbocycles. The Labute approximate surface area is 157 Å². The number of likely N-dealkylation sites (tertiary alicyclic amines) is 1. The van der Waals surface area contributed by atoms with Gasteiger partial charge in [0.1, 0.15) is 6.04 Å². The highest BCUT2D eigenvalue weighted by Crippen LogP contribution is 2.36. The second kappa shape index (κ2) is 7.76. The van der Waals surface area contributed by atoms with Crippen LogP contribution in [-0.4, -0.2) is 39.3 Å². The summed E-state index contributed by atoms with van der Waals surface area (Å²) in [6.45, 7) is 0.787. The summed E-state index contributed by atoms with van der Waals surface area (Å²) in [6.07, 6.45) is 0.885. The Bertz CT molecular complexity index is 770. The van der Waals surface area contributed by atoms with Crippen molar-refractivity contribution in [1.29, 1.82) is 0 Å². The predicted molar refractivity (Wildman–Crippen MR) is 98.9 cm³/mol. The standard InChI is InChI=1S/C20H22ClNO4/c21-17-6-4-16(5-7-17)20(26)8-10-22(11-9-20)18(19(24)25)15-3-1-2-14(12-15)13-23/h1-7,12,18,23,26H,8-11,13H2,(H,24,25)/t18-/m1/s1. The lowest BCUT2D eigenvalue weighted by atomic mass is 9.83. The van der Waals surface area contributed by atoms with Crippen LogP contribution in [0.2, 0.25) is 5.02 Å². The lowest BCUT2D eigenvalue weighted by molar-refractivity contribution is -0.146. The van der Waals surface area contributed by atoms with Crippen LogP contribution in [0.4, 0.5) is 0 Å². The number of carbonyl (C=O) groups is 1. The summed E-state index contributed by atoms with van der Waals surface area (Å²) in [5.41, 5.74) is 1.15. The van der Waals surface area contributed by atoms with Gasteiger partial charge >= 0.3 is 5.97 Å². The smallest absolute Gasteiger partial charge is 0.325 e. The molecule has 5 nitrogen and oxygen atoms in total. The zero-order chi connectivity index (χ0) is 18.7. The highest BCUT2D eigenvalue weighted by Gasteiger charge is 2.38. The average molecular weight is 376 g/mol. The van der Waals surface area contributed by atoms with Gasteiger partial charge in [0, 0.05) is 18.1 Å². The zero-order valence-corrected chi connectivity index (χ0v) is 15.1. The van der Waals surface area contributed by atoms with E-state index in [1.54, 1.807) is 36.4 Å². The molecule has 0 aromatic heterocycles. The molecule has 0 saturated carbocycles. The lowest BCUT2D eigenvalue weighted by Crippen LogP contribution is -2.46. The van der Waals surface area contributed by atoms with Crippen molar-refractivity contribution in [1.82, 2.24) is 4.90 Å². The molecule has 1 aliphatic heterocycles. The molecule has 1 aliphatic rings. The van der Waals surface area contributed by atoms with Gasteiger partial charge in [-0.3, -0.25) is 9.69 Å². The molecule has 138 valence electrons. The Kier molecular flexibility index (Phi) is 5.63. The first-order valence-corrected chi connectivity index (χ1v) is 8.96. The normalized spacial score (nSPS) is 18.4. The topological polar surface area (TPSA) is 81.0 Å². The van der Waals surface area contributed by atoms with Crippen LogP contribution in [0.1, 0.15) is 35.6 Å². The molecule has 1 heterocycles. The minimum atomic E-state index is -0.975. The van der Waals surface area contributed by atoms with Gasteiger partial charge in [-0.25, -0.2) is 0 Å². The fraction of sp³-hybridized carbons (Fsp3) is 0.350. The largest absolute Gasteiger partial charge is 0.480 e. The third-order valence-corrected chi connectivity index (χ3v) is 5.31. The van der Waals surface area contributed by atoms with Crippen LogP contribution < -0.4 is 0 Å². The number of carboxylic acid groups (broad SMARTS) is 1. The number of benzene rings is 2. The molecule has 0 bridgehead atoms. The monoisotopic (exact) mass is 375 g/mol. The number of hydrogen-bond acceptors (Lipinski definition) is 4. The SMILES string of the molecule is O=C(O)[C@@H](c1cccc(CO)c1)N1CCC(O)(c2ccc(Cl)cc2)CC1. The van der Waals surface area contributed by atoms with Crippen LogP contribution in [0.25, 0.3) is 0 Å². The number of halogens is 1. The molecule has 0 spiro atoms. The number of nitrogens with zero attached hydrogens (tertiary/aromatic N) is 1. The number of aliphatic carboxylic acids is 1. The maximum atomic E-state index is 11.9. The van der Waals surface area contributed by atoms with Crippen LogP contribution in [0.15, 0.2) is 48.5 Å². The van der Waals surface area contributed by atoms with E-state index in [1.165, 1.54) is 0 Å². The summed E-state index contributed by atoms with van der Waals surface area (Å²) in [7, 11) is 0. The van der Waals surface area contributed by atoms with E-state index in [0.29, 0.717) is 42.1 Å². The van der Waals surface area contributed by atoms with Crippen molar-refractivity contribution in [3.8, 4) is 0 Å². The second-order valence-corrected chi connectivity index (χ2v) is 7.15. The van der Waals surface area contributed by atoms with Crippen molar-refractivity contribution in [2.45, 2.75) is 31.1 Å². The van der Waals surface area contributed by atoms with E-state index in [0.717, 1.165) is 5.56 Å². The molecule has 3 rings (SSSR count). The minimum absolute atomic E-state index is 0.128. The Morgan fingerprint density at radius 1 is 1.15 bits per heavy atom. The first kappa shape index (κ1) is 18.9. The summed E-state index contributed by atoms with van der Waals surface area (Å²) >= 11 is 5.92. The van der Waals surface area contributed by atoms with E-state index in [1.807, 2.05) is 17.0 Å². The summed E-state index contributed by atoms with van der Waals surface area (Å²) in [5.74, 6) is -0.933. The van der Waals surface area contributed by atoms with Crippen molar-refractivity contribution >= 4 is 17.6 Å². The third kappa shape index (κ3) is 3.91. The molecule has 1 fully saturated rings. The van der Waals surface area contributed by atoms with Crippen LogP contribution in [0, 0.1) is 0 Å². The van der Waals surface area contributed by atoms with Crippen molar-refractivity contribution in [2.24, 2.45) is 0 Å². The van der Waals surface area contributed by atoms with E-state index in [-0.39, 0.29) is 6.61 Å². The molecule has 0 unspecified atom stereocenters. The van der Waals surface area contributed by atoms with Crippen LogP contribution in [0.5, 0.6) is 0 Å². The van der Waals surface area contributed by atoms with Gasteiger partial charge in [-0.1, -0.05) is 48.0 Å². The highest BCUT2D eigenvalue weighted by atomic mass is 35.5. The molecule has 2 aromatic carbocycles. The van der Waals surface area contributed by atoms with Crippen LogP contribution in [0.3, 0.4) is 0 Å². The Hall–Kier alpha value is -1.92. The maximum Gasteiger partial charge on any atom is 0.325 e. The number of aliphatic hydroxyl groups excluding tert-OH is 1. The first-order chi connectivity index (χ1) is 12.4. The Morgan fingerprint density at radius 2 is 1.81 bits per heavy atom. The van der Waals surface area contributed by atoms with Crippen molar-refractivity contribution < 1.29 is 20.1 Å². The fourth-order valence-corrected chi connectivity index (χ4v) is 3.70. The molecule has 2 aromatic rings. The molecule has 3 N–H and O–H groups in total. The lowest BCUT2D eigenvalue weighted by Gasteiger charge is -2.41. The fourth-order valence-electron chi connectivity index (χ4n) is 3.57. The van der Waals surface area contributed by atoms with E-state index in [4.69, 9.17) is 11.6 Å². The van der Waals surface area contributed by atoms with E-state index < -0.39 is 17.6 Å². The van der Waals surface area contributed by atoms with Gasteiger partial charge in [-0.2, -0.15) is 0 Å². The summed E-state index contributed by atoms with van der Waals surface area (Å²) in [6, 6.07) is 13.3. The molecule has 26 heavy (non-hydrogen) atoms. The van der Waals surface area contributed by atoms with Crippen molar-refractivity contribution in [2.75, 3.05) is 13.1 Å². The number of hydrogen-bond donors (Lipinski definition) is 3. The number of piperidine rings is 1. The molecule has 1 atom stereocenters. The number of carboxylic acids is 1. The molecule has 0 amide bonds. The zero-order valence-electron chi connectivity index (χ0n) is 14.3. The summed E-state index contributed by atoms with van der Waals surface area (Å²) in [4.78, 5) is 13.8. The van der Waals surface area contributed by atoms with Gasteiger partial charge < -0.3 is 15.3 Å². The van der Waals surface area contributed by atoms with E-state index >= 15 is 0 Å².